The molecular formula is C14H22N2O. The molecule has 1 amide bonds. The molecular weight excluding hydrogens is 212 g/mol. The van der Waals surface area contributed by atoms with Gasteiger partial charge in [0.15, 0.2) is 0 Å². The Morgan fingerprint density at radius 2 is 1.76 bits per heavy atom. The van der Waals surface area contributed by atoms with Gasteiger partial charge >= 0.3 is 0 Å². The maximum absolute atomic E-state index is 12.1. The SMILES string of the molecule is N#CC1CCN(C(=O)CC2CCCCC2)CC1. The Bertz CT molecular complexity index is 294. The number of piperidine rings is 1. The largest absolute Gasteiger partial charge is 0.343 e. The van der Waals surface area contributed by atoms with E-state index in [1.807, 2.05) is 4.90 Å². The van der Waals surface area contributed by atoms with Crippen LogP contribution in [0.4, 0.5) is 0 Å². The van der Waals surface area contributed by atoms with Crippen molar-refractivity contribution in [3.63, 3.8) is 0 Å². The first-order valence-electron chi connectivity index (χ1n) is 6.97. The minimum atomic E-state index is 0.175. The van der Waals surface area contributed by atoms with Crippen molar-refractivity contribution in [1.29, 1.82) is 5.26 Å². The van der Waals surface area contributed by atoms with Gasteiger partial charge in [-0.2, -0.15) is 5.26 Å². The van der Waals surface area contributed by atoms with Gasteiger partial charge in [0.05, 0.1) is 6.07 Å². The average molecular weight is 234 g/mol. The van der Waals surface area contributed by atoms with Crippen LogP contribution < -0.4 is 0 Å². The molecule has 0 spiro atoms. The van der Waals surface area contributed by atoms with Crippen LogP contribution in [0.3, 0.4) is 0 Å². The molecule has 1 saturated carbocycles. The lowest BCUT2D eigenvalue weighted by molar-refractivity contribution is -0.133. The highest BCUT2D eigenvalue weighted by Crippen LogP contribution is 2.27. The van der Waals surface area contributed by atoms with Crippen LogP contribution in [0, 0.1) is 23.2 Å². The highest BCUT2D eigenvalue weighted by Gasteiger charge is 2.25. The van der Waals surface area contributed by atoms with Crippen molar-refractivity contribution in [2.45, 2.75) is 51.4 Å². The summed E-state index contributed by atoms with van der Waals surface area (Å²) in [6.07, 6.45) is 8.90. The number of hydrogen-bond acceptors (Lipinski definition) is 2. The fourth-order valence-electron chi connectivity index (χ4n) is 3.03. The van der Waals surface area contributed by atoms with Crippen molar-refractivity contribution in [1.82, 2.24) is 4.90 Å². The van der Waals surface area contributed by atoms with Crippen LogP contribution >= 0.6 is 0 Å². The standard InChI is InChI=1S/C14H22N2O/c15-11-13-6-8-16(9-7-13)14(17)10-12-4-2-1-3-5-12/h12-13H,1-10H2. The summed E-state index contributed by atoms with van der Waals surface area (Å²) in [5, 5.41) is 8.82. The van der Waals surface area contributed by atoms with Gasteiger partial charge in [0.25, 0.3) is 0 Å². The quantitative estimate of drug-likeness (QED) is 0.737. The van der Waals surface area contributed by atoms with Crippen molar-refractivity contribution in [2.24, 2.45) is 11.8 Å². The van der Waals surface area contributed by atoms with Crippen LogP contribution in [0.25, 0.3) is 0 Å². The van der Waals surface area contributed by atoms with Crippen LogP contribution in [0.15, 0.2) is 0 Å². The van der Waals surface area contributed by atoms with Crippen LogP contribution in [0.1, 0.15) is 51.4 Å². The monoisotopic (exact) mass is 234 g/mol. The topological polar surface area (TPSA) is 44.1 Å². The first-order valence-corrected chi connectivity index (χ1v) is 6.97. The summed E-state index contributed by atoms with van der Waals surface area (Å²) in [4.78, 5) is 14.1. The second kappa shape index (κ2) is 6.05. The second-order valence-electron chi connectivity index (χ2n) is 5.49. The molecule has 94 valence electrons. The lowest BCUT2D eigenvalue weighted by Crippen LogP contribution is -2.39. The molecule has 0 atom stereocenters. The number of rotatable bonds is 2. The zero-order valence-electron chi connectivity index (χ0n) is 10.5. The average Bonchev–Trinajstić information content (AvgIpc) is 2.40. The number of amides is 1. The van der Waals surface area contributed by atoms with E-state index in [4.69, 9.17) is 5.26 Å². The fourth-order valence-corrected chi connectivity index (χ4v) is 3.03. The highest BCUT2D eigenvalue weighted by molar-refractivity contribution is 5.76. The van der Waals surface area contributed by atoms with E-state index < -0.39 is 0 Å². The first-order chi connectivity index (χ1) is 8.29. The summed E-state index contributed by atoms with van der Waals surface area (Å²) in [7, 11) is 0. The zero-order chi connectivity index (χ0) is 12.1. The van der Waals surface area contributed by atoms with E-state index in [0.29, 0.717) is 11.8 Å². The number of likely N-dealkylation sites (tertiary alicyclic amines) is 1. The Morgan fingerprint density at radius 3 is 2.35 bits per heavy atom. The van der Waals surface area contributed by atoms with Crippen molar-refractivity contribution in [2.75, 3.05) is 13.1 Å². The summed E-state index contributed by atoms with van der Waals surface area (Å²) >= 11 is 0. The number of hydrogen-bond donors (Lipinski definition) is 0. The third-order valence-corrected chi connectivity index (χ3v) is 4.22. The van der Waals surface area contributed by atoms with Crippen molar-refractivity contribution in [3.05, 3.63) is 0 Å². The number of carbonyl (C=O) groups is 1. The van der Waals surface area contributed by atoms with E-state index in [1.165, 1.54) is 32.1 Å². The number of nitriles is 1. The zero-order valence-corrected chi connectivity index (χ0v) is 10.5. The minimum Gasteiger partial charge on any atom is -0.343 e. The molecule has 1 saturated heterocycles. The molecule has 3 nitrogen and oxygen atoms in total. The highest BCUT2D eigenvalue weighted by atomic mass is 16.2. The van der Waals surface area contributed by atoms with Gasteiger partial charge in [-0.05, 0) is 31.6 Å². The Morgan fingerprint density at radius 1 is 1.12 bits per heavy atom. The Hall–Kier alpha value is -1.04. The second-order valence-corrected chi connectivity index (χ2v) is 5.49. The Kier molecular flexibility index (Phi) is 4.42. The van der Waals surface area contributed by atoms with Gasteiger partial charge in [-0.25, -0.2) is 0 Å². The maximum Gasteiger partial charge on any atom is 0.222 e. The van der Waals surface area contributed by atoms with Gasteiger partial charge in [0.2, 0.25) is 5.91 Å². The molecule has 2 fully saturated rings. The van der Waals surface area contributed by atoms with Crippen LogP contribution in [-0.2, 0) is 4.79 Å². The molecule has 0 aromatic rings. The van der Waals surface area contributed by atoms with Gasteiger partial charge in [-0.15, -0.1) is 0 Å². The number of nitrogens with zero attached hydrogens (tertiary/aromatic N) is 2. The van der Waals surface area contributed by atoms with Crippen LogP contribution in [0.5, 0.6) is 0 Å². The van der Waals surface area contributed by atoms with Gasteiger partial charge in [0.1, 0.15) is 0 Å². The normalized spacial score (nSPS) is 23.4. The molecule has 0 N–H and O–H groups in total. The van der Waals surface area contributed by atoms with E-state index in [0.717, 1.165) is 32.4 Å². The molecule has 17 heavy (non-hydrogen) atoms. The maximum atomic E-state index is 12.1. The number of carbonyl (C=O) groups excluding carboxylic acids is 1. The van der Waals surface area contributed by atoms with Crippen molar-refractivity contribution >= 4 is 5.91 Å². The van der Waals surface area contributed by atoms with Gasteiger partial charge in [0, 0.05) is 25.4 Å². The molecule has 1 heterocycles. The molecule has 1 aliphatic heterocycles. The Labute approximate surface area is 104 Å². The van der Waals surface area contributed by atoms with Gasteiger partial charge in [-0.1, -0.05) is 19.3 Å². The summed E-state index contributed by atoms with van der Waals surface area (Å²) in [6.45, 7) is 1.59. The summed E-state index contributed by atoms with van der Waals surface area (Å²) in [5.41, 5.74) is 0. The predicted octanol–water partition coefficient (Wildman–Crippen LogP) is 2.72. The molecule has 0 aromatic heterocycles. The molecule has 2 rings (SSSR count). The molecule has 0 radical (unpaired) electrons. The molecule has 3 heteroatoms. The first kappa shape index (κ1) is 12.4. The van der Waals surface area contributed by atoms with Crippen molar-refractivity contribution in [3.8, 4) is 6.07 Å². The summed E-state index contributed by atoms with van der Waals surface area (Å²) in [5.74, 6) is 1.13. The third kappa shape index (κ3) is 3.46. The molecule has 0 unspecified atom stereocenters. The lowest BCUT2D eigenvalue weighted by atomic mass is 9.86. The third-order valence-electron chi connectivity index (χ3n) is 4.22. The van der Waals surface area contributed by atoms with Gasteiger partial charge in [-0.3, -0.25) is 4.79 Å². The molecule has 1 aliphatic carbocycles. The minimum absolute atomic E-state index is 0.175. The van der Waals surface area contributed by atoms with E-state index in [2.05, 4.69) is 6.07 Å². The van der Waals surface area contributed by atoms with E-state index in [1.54, 1.807) is 0 Å². The lowest BCUT2D eigenvalue weighted by Gasteiger charge is -2.31. The fraction of sp³-hybridized carbons (Fsp3) is 0.857. The Balaban J connectivity index is 1.75. The van der Waals surface area contributed by atoms with Crippen LogP contribution in [-0.4, -0.2) is 23.9 Å². The molecule has 0 aromatic carbocycles. The molecule has 0 bridgehead atoms. The van der Waals surface area contributed by atoms with Crippen LogP contribution in [0.2, 0.25) is 0 Å². The van der Waals surface area contributed by atoms with E-state index in [-0.39, 0.29) is 5.92 Å². The molecule has 2 aliphatic rings. The summed E-state index contributed by atoms with van der Waals surface area (Å²) < 4.78 is 0. The van der Waals surface area contributed by atoms with E-state index >= 15 is 0 Å². The van der Waals surface area contributed by atoms with Gasteiger partial charge < -0.3 is 4.90 Å². The summed E-state index contributed by atoms with van der Waals surface area (Å²) in [6, 6.07) is 2.31. The predicted molar refractivity (Wildman–Crippen MR) is 66.1 cm³/mol. The van der Waals surface area contributed by atoms with Crippen molar-refractivity contribution < 1.29 is 4.79 Å². The van der Waals surface area contributed by atoms with E-state index in [9.17, 15) is 4.79 Å². The smallest absolute Gasteiger partial charge is 0.222 e.